The van der Waals surface area contributed by atoms with Crippen LogP contribution in [0.15, 0.2) is 18.3 Å². The van der Waals surface area contributed by atoms with E-state index >= 15 is 0 Å². The van der Waals surface area contributed by atoms with Gasteiger partial charge >= 0.3 is 0 Å². The summed E-state index contributed by atoms with van der Waals surface area (Å²) in [4.78, 5) is 0. The van der Waals surface area contributed by atoms with E-state index in [1.807, 2.05) is 5.73 Å². The van der Waals surface area contributed by atoms with Crippen LogP contribution in [-0.2, 0) is 0 Å². The molecule has 28 valence electrons. The maximum absolute atomic E-state index is 7.64. The summed E-state index contributed by atoms with van der Waals surface area (Å²) >= 11 is 0. The van der Waals surface area contributed by atoms with E-state index in [2.05, 4.69) is 0 Å². The Morgan fingerprint density at radius 1 is 1.20 bits per heavy atom. The highest BCUT2D eigenvalue weighted by atomic mass is 16.3. The topological polar surface area (TPSA) is 40.5 Å². The maximum atomic E-state index is 7.64. The van der Waals surface area contributed by atoms with E-state index in [9.17, 15) is 0 Å². The third-order valence-corrected chi connectivity index (χ3v) is 0.149. The monoisotopic (exact) mass is 72.0 g/mol. The average molecular weight is 72.1 g/mol. The molecule has 0 aromatic heterocycles. The zero-order valence-corrected chi connectivity index (χ0v) is 2.55. The molecule has 0 aliphatic heterocycles. The summed E-state index contributed by atoms with van der Waals surface area (Å²) in [5.41, 5.74) is 1.97. The number of hydrogen-bond donors (Lipinski definition) is 2. The van der Waals surface area contributed by atoms with E-state index in [1.165, 1.54) is 0 Å². The summed E-state index contributed by atoms with van der Waals surface area (Å²) < 4.78 is 0. The molecule has 0 aromatic rings. The Balaban J connectivity index is 3.26. The lowest BCUT2D eigenvalue weighted by atomic mass is 10.9. The fourth-order valence-corrected chi connectivity index (χ4v) is 0.0333. The van der Waals surface area contributed by atoms with Gasteiger partial charge < -0.3 is 10.2 Å². The molecule has 0 amide bonds. The van der Waals surface area contributed by atoms with Gasteiger partial charge in [0.2, 0.25) is 0 Å². The molecule has 0 aromatic carbocycles. The molecule has 2 heteroatoms. The molecule has 0 aliphatic rings. The largest absolute Gasteiger partial charge is 0.507 e. The van der Waals surface area contributed by atoms with E-state index in [-0.39, 0.29) is 0 Å². The first kappa shape index (κ1) is 4.12. The van der Waals surface area contributed by atoms with Crippen LogP contribution in [0.4, 0.5) is 0 Å². The minimum absolute atomic E-state index is 0.625. The quantitative estimate of drug-likeness (QED) is 0.327. The van der Waals surface area contributed by atoms with Crippen molar-refractivity contribution >= 4 is 0 Å². The number of aliphatic hydroxyl groups excluding tert-OH is 2. The van der Waals surface area contributed by atoms with Crippen molar-refractivity contribution in [1.82, 2.24) is 0 Å². The third-order valence-electron chi connectivity index (χ3n) is 0.149. The van der Waals surface area contributed by atoms with Crippen molar-refractivity contribution in [3.63, 3.8) is 0 Å². The first-order valence-electron chi connectivity index (χ1n) is 1.09. The van der Waals surface area contributed by atoms with Gasteiger partial charge in [-0.05, 0) is 5.73 Å². The maximum Gasteiger partial charge on any atom is 0.124 e. The molecule has 0 atom stereocenters. The van der Waals surface area contributed by atoms with E-state index in [4.69, 9.17) is 10.2 Å². The van der Waals surface area contributed by atoms with Crippen LogP contribution in [0.3, 0.4) is 0 Å². The van der Waals surface area contributed by atoms with Crippen LogP contribution >= 0.6 is 0 Å². The molecular weight excluding hydrogens is 68.0 g/mol. The van der Waals surface area contributed by atoms with Gasteiger partial charge in [0.1, 0.15) is 12.5 Å². The SMILES string of the molecule is OC=C=CO. The van der Waals surface area contributed by atoms with Crippen LogP contribution < -0.4 is 0 Å². The molecule has 2 N–H and O–H groups in total. The second-order valence-corrected chi connectivity index (χ2v) is 0.425. The van der Waals surface area contributed by atoms with Gasteiger partial charge in [-0.25, -0.2) is 0 Å². The van der Waals surface area contributed by atoms with Crippen LogP contribution in [0.5, 0.6) is 0 Å². The molecule has 5 heavy (non-hydrogen) atoms. The van der Waals surface area contributed by atoms with Crippen molar-refractivity contribution in [3.8, 4) is 0 Å². The highest BCUT2D eigenvalue weighted by Crippen LogP contribution is 1.48. The minimum Gasteiger partial charge on any atom is -0.507 e. The zero-order valence-electron chi connectivity index (χ0n) is 2.55. The summed E-state index contributed by atoms with van der Waals surface area (Å²) in [7, 11) is 0. The van der Waals surface area contributed by atoms with Crippen LogP contribution in [0, 0.1) is 0 Å². The molecule has 0 saturated carbocycles. The first-order chi connectivity index (χ1) is 2.41. The summed E-state index contributed by atoms with van der Waals surface area (Å²) in [6.07, 6.45) is 1.25. The van der Waals surface area contributed by atoms with Gasteiger partial charge in [0.05, 0.1) is 0 Å². The van der Waals surface area contributed by atoms with Gasteiger partial charge in [0.25, 0.3) is 0 Å². The Labute approximate surface area is 29.7 Å². The molecule has 2 nitrogen and oxygen atoms in total. The average Bonchev–Trinajstić information content (AvgIpc) is 1.41. The Morgan fingerprint density at radius 3 is 1.60 bits per heavy atom. The molecule has 0 saturated heterocycles. The van der Waals surface area contributed by atoms with Crippen molar-refractivity contribution in [2.45, 2.75) is 0 Å². The number of aliphatic hydroxyl groups is 2. The van der Waals surface area contributed by atoms with E-state index in [1.54, 1.807) is 0 Å². The highest BCUT2D eigenvalue weighted by Gasteiger charge is 1.37. The van der Waals surface area contributed by atoms with Crippen LogP contribution in [-0.4, -0.2) is 10.2 Å². The standard InChI is InChI=1S/C3H4O2/c4-2-1-3-5/h2-5H. The molecule has 0 spiro atoms. The van der Waals surface area contributed by atoms with Crippen molar-refractivity contribution in [1.29, 1.82) is 0 Å². The zero-order chi connectivity index (χ0) is 4.12. The van der Waals surface area contributed by atoms with E-state index in [0.717, 1.165) is 0 Å². The second kappa shape index (κ2) is 3.12. The van der Waals surface area contributed by atoms with Gasteiger partial charge in [-0.15, -0.1) is 0 Å². The van der Waals surface area contributed by atoms with Crippen LogP contribution in [0.25, 0.3) is 0 Å². The van der Waals surface area contributed by atoms with Gasteiger partial charge in [-0.2, -0.15) is 0 Å². The summed E-state index contributed by atoms with van der Waals surface area (Å²) in [6, 6.07) is 0. The molecule has 0 fully saturated rings. The summed E-state index contributed by atoms with van der Waals surface area (Å²) in [5, 5.41) is 15.3. The Hall–Kier alpha value is -0.880. The molecule has 0 bridgehead atoms. The fraction of sp³-hybridized carbons (Fsp3) is 0. The summed E-state index contributed by atoms with van der Waals surface area (Å²) in [6.45, 7) is 0. The lowest BCUT2D eigenvalue weighted by Crippen LogP contribution is -1.39. The third kappa shape index (κ3) is 3.12. The second-order valence-electron chi connectivity index (χ2n) is 0.425. The van der Waals surface area contributed by atoms with Gasteiger partial charge in [-0.3, -0.25) is 0 Å². The van der Waals surface area contributed by atoms with Crippen molar-refractivity contribution in [2.24, 2.45) is 0 Å². The fourth-order valence-electron chi connectivity index (χ4n) is 0.0333. The molecule has 0 rings (SSSR count). The lowest BCUT2D eigenvalue weighted by Gasteiger charge is -1.53. The molecule has 0 heterocycles. The Morgan fingerprint density at radius 2 is 1.60 bits per heavy atom. The number of hydrogen-bond acceptors (Lipinski definition) is 2. The van der Waals surface area contributed by atoms with Crippen molar-refractivity contribution < 1.29 is 10.2 Å². The summed E-state index contributed by atoms with van der Waals surface area (Å²) in [5.74, 6) is 0. The van der Waals surface area contributed by atoms with E-state index in [0.29, 0.717) is 12.5 Å². The van der Waals surface area contributed by atoms with Gasteiger partial charge in [0.15, 0.2) is 0 Å². The van der Waals surface area contributed by atoms with E-state index < -0.39 is 0 Å². The van der Waals surface area contributed by atoms with Crippen LogP contribution in [0.1, 0.15) is 0 Å². The van der Waals surface area contributed by atoms with Crippen LogP contribution in [0.2, 0.25) is 0 Å². The number of rotatable bonds is 0. The minimum atomic E-state index is 0.625. The lowest BCUT2D eigenvalue weighted by molar-refractivity contribution is 0.458. The predicted octanol–water partition coefficient (Wildman–Crippen LogP) is 0.729. The predicted molar refractivity (Wildman–Crippen MR) is 17.9 cm³/mol. The Bertz CT molecular complexity index is 53.3. The molecule has 0 aliphatic carbocycles. The molecule has 0 unspecified atom stereocenters. The van der Waals surface area contributed by atoms with Crippen molar-refractivity contribution in [3.05, 3.63) is 18.3 Å². The van der Waals surface area contributed by atoms with Gasteiger partial charge in [-0.1, -0.05) is 0 Å². The first-order valence-corrected chi connectivity index (χ1v) is 1.09. The molecular formula is C3H4O2. The smallest absolute Gasteiger partial charge is 0.124 e. The van der Waals surface area contributed by atoms with Crippen molar-refractivity contribution in [2.75, 3.05) is 0 Å². The highest BCUT2D eigenvalue weighted by molar-refractivity contribution is 4.65. The normalized spacial score (nSPS) is 4.80. The molecule has 0 radical (unpaired) electrons. The Kier molecular flexibility index (Phi) is 2.57. The van der Waals surface area contributed by atoms with Gasteiger partial charge in [0, 0.05) is 0 Å².